The van der Waals surface area contributed by atoms with Crippen LogP contribution in [-0.4, -0.2) is 41.9 Å². The maximum Gasteiger partial charge on any atom is 0.460 e. The molecule has 2 nitrogen and oxygen atoms in total. The van der Waals surface area contributed by atoms with Crippen molar-refractivity contribution in [3.05, 3.63) is 0 Å². The van der Waals surface area contributed by atoms with Crippen LogP contribution in [0.5, 0.6) is 0 Å². The smallest absolute Gasteiger partial charge is 0.337 e. The molecule has 0 unspecified atom stereocenters. The molecule has 0 saturated carbocycles. The first-order chi connectivity index (χ1) is 10.4. The number of halogens is 7. The zero-order valence-electron chi connectivity index (χ0n) is 13.2. The van der Waals surface area contributed by atoms with Gasteiger partial charge in [0.05, 0.1) is 0 Å². The molecule has 0 radical (unpaired) electrons. The van der Waals surface area contributed by atoms with E-state index in [0.717, 1.165) is 0 Å². The Bertz CT molecular complexity index is 359. The standard InChI is InChI=1S/C14H22F7NO/c1-3-5-7-9-22(10-8-6-4-2)11(23)12(15,16)13(17,18)14(19,20)21/h3-10H2,1-2H3. The maximum atomic E-state index is 13.5. The molecule has 1 amide bonds. The molecular formula is C14H22F7NO. The number of alkyl halides is 7. The lowest BCUT2D eigenvalue weighted by Gasteiger charge is -2.32. The third kappa shape index (κ3) is 5.53. The van der Waals surface area contributed by atoms with Crippen molar-refractivity contribution in [1.82, 2.24) is 4.90 Å². The number of nitrogens with zero attached hydrogens (tertiary/aromatic N) is 1. The van der Waals surface area contributed by atoms with Gasteiger partial charge >= 0.3 is 18.0 Å². The van der Waals surface area contributed by atoms with Crippen molar-refractivity contribution in [2.24, 2.45) is 0 Å². The molecule has 0 spiro atoms. The first kappa shape index (κ1) is 22.0. The summed E-state index contributed by atoms with van der Waals surface area (Å²) in [5.74, 6) is -14.7. The van der Waals surface area contributed by atoms with Crippen molar-refractivity contribution in [3.63, 3.8) is 0 Å². The van der Waals surface area contributed by atoms with Gasteiger partial charge in [-0.25, -0.2) is 0 Å². The van der Waals surface area contributed by atoms with Crippen molar-refractivity contribution < 1.29 is 35.5 Å². The monoisotopic (exact) mass is 353 g/mol. The van der Waals surface area contributed by atoms with E-state index in [1.807, 2.05) is 0 Å². The van der Waals surface area contributed by atoms with Crippen molar-refractivity contribution in [2.45, 2.75) is 70.4 Å². The Balaban J connectivity index is 5.22. The Morgan fingerprint density at radius 2 is 1.17 bits per heavy atom. The molecule has 0 aliphatic carbocycles. The Hall–Kier alpha value is -1.02. The van der Waals surface area contributed by atoms with E-state index in [0.29, 0.717) is 30.6 Å². The summed E-state index contributed by atoms with van der Waals surface area (Å²) < 4.78 is 89.4. The summed E-state index contributed by atoms with van der Waals surface area (Å²) in [5.41, 5.74) is 0. The summed E-state index contributed by atoms with van der Waals surface area (Å²) >= 11 is 0. The summed E-state index contributed by atoms with van der Waals surface area (Å²) in [4.78, 5) is 12.1. The number of hydrogen-bond donors (Lipinski definition) is 0. The molecule has 0 aliphatic rings. The van der Waals surface area contributed by atoms with Gasteiger partial charge in [-0.1, -0.05) is 39.5 Å². The predicted octanol–water partition coefficient (Wildman–Crippen LogP) is 5.03. The summed E-state index contributed by atoms with van der Waals surface area (Å²) in [6.07, 6.45) is -3.48. The van der Waals surface area contributed by atoms with Gasteiger partial charge in [-0.3, -0.25) is 4.79 Å². The van der Waals surface area contributed by atoms with Crippen LogP contribution in [-0.2, 0) is 4.79 Å². The fourth-order valence-electron chi connectivity index (χ4n) is 1.93. The number of carbonyl (C=O) groups excluding carboxylic acids is 1. The number of rotatable bonds is 10. The second-order valence-corrected chi connectivity index (χ2v) is 5.35. The molecule has 0 aromatic carbocycles. The molecule has 0 fully saturated rings. The van der Waals surface area contributed by atoms with Crippen molar-refractivity contribution in [3.8, 4) is 0 Å². The second-order valence-electron chi connectivity index (χ2n) is 5.35. The lowest BCUT2D eigenvalue weighted by atomic mass is 10.1. The van der Waals surface area contributed by atoms with E-state index >= 15 is 0 Å². The fourth-order valence-corrected chi connectivity index (χ4v) is 1.93. The first-order valence-corrected chi connectivity index (χ1v) is 7.55. The first-order valence-electron chi connectivity index (χ1n) is 7.55. The van der Waals surface area contributed by atoms with Crippen LogP contribution in [0.4, 0.5) is 30.7 Å². The highest BCUT2D eigenvalue weighted by Crippen LogP contribution is 2.47. The third-order valence-corrected chi connectivity index (χ3v) is 3.37. The molecule has 9 heteroatoms. The van der Waals surface area contributed by atoms with Crippen LogP contribution in [0.2, 0.25) is 0 Å². The van der Waals surface area contributed by atoms with Crippen LogP contribution >= 0.6 is 0 Å². The third-order valence-electron chi connectivity index (χ3n) is 3.37. The van der Waals surface area contributed by atoms with E-state index < -0.39 is 23.9 Å². The number of hydrogen-bond acceptors (Lipinski definition) is 1. The Kier molecular flexibility index (Phi) is 8.34. The van der Waals surface area contributed by atoms with Gasteiger partial charge < -0.3 is 4.90 Å². The van der Waals surface area contributed by atoms with Crippen LogP contribution in [0.1, 0.15) is 52.4 Å². The van der Waals surface area contributed by atoms with Gasteiger partial charge in [-0.2, -0.15) is 30.7 Å². The summed E-state index contributed by atoms with van der Waals surface area (Å²) in [5, 5.41) is 0. The van der Waals surface area contributed by atoms with Gasteiger partial charge in [0, 0.05) is 13.1 Å². The summed E-state index contributed by atoms with van der Waals surface area (Å²) in [6, 6.07) is 0. The van der Waals surface area contributed by atoms with Crippen LogP contribution in [0.25, 0.3) is 0 Å². The van der Waals surface area contributed by atoms with E-state index in [1.54, 1.807) is 13.8 Å². The van der Waals surface area contributed by atoms with E-state index in [4.69, 9.17) is 0 Å². The van der Waals surface area contributed by atoms with Crippen molar-refractivity contribution in [2.75, 3.05) is 13.1 Å². The van der Waals surface area contributed by atoms with Crippen LogP contribution in [0.3, 0.4) is 0 Å². The fraction of sp³-hybridized carbons (Fsp3) is 0.929. The van der Waals surface area contributed by atoms with Crippen molar-refractivity contribution >= 4 is 5.91 Å². The summed E-state index contributed by atoms with van der Waals surface area (Å²) in [7, 11) is 0. The number of amides is 1. The summed E-state index contributed by atoms with van der Waals surface area (Å²) in [6.45, 7) is 3.07. The molecule has 0 N–H and O–H groups in total. The quantitative estimate of drug-likeness (QED) is 0.399. The largest absolute Gasteiger partial charge is 0.460 e. The van der Waals surface area contributed by atoms with Gasteiger partial charge in [-0.15, -0.1) is 0 Å². The van der Waals surface area contributed by atoms with E-state index in [1.165, 1.54) is 0 Å². The molecule has 0 atom stereocenters. The van der Waals surface area contributed by atoms with Gasteiger partial charge in [0.25, 0.3) is 5.91 Å². The highest BCUT2D eigenvalue weighted by Gasteiger charge is 2.76. The molecule has 0 rings (SSSR count). The highest BCUT2D eigenvalue weighted by atomic mass is 19.4. The maximum absolute atomic E-state index is 13.5. The van der Waals surface area contributed by atoms with E-state index in [-0.39, 0.29) is 25.9 Å². The van der Waals surface area contributed by atoms with Crippen LogP contribution in [0.15, 0.2) is 0 Å². The molecule has 0 bridgehead atoms. The predicted molar refractivity (Wildman–Crippen MR) is 71.6 cm³/mol. The second kappa shape index (κ2) is 8.73. The van der Waals surface area contributed by atoms with Crippen LogP contribution in [0, 0.1) is 0 Å². The van der Waals surface area contributed by atoms with E-state index in [2.05, 4.69) is 0 Å². The molecule has 0 heterocycles. The lowest BCUT2D eigenvalue weighted by Crippen LogP contribution is -2.60. The van der Waals surface area contributed by atoms with Crippen LogP contribution < -0.4 is 0 Å². The average Bonchev–Trinajstić information content (AvgIpc) is 2.43. The minimum atomic E-state index is -6.50. The SMILES string of the molecule is CCCCCN(CCCCC)C(=O)C(F)(F)C(F)(F)C(F)(F)F. The minimum Gasteiger partial charge on any atom is -0.337 e. The highest BCUT2D eigenvalue weighted by molar-refractivity contribution is 5.84. The normalized spacial score (nSPS) is 13.3. The molecule has 0 aromatic heterocycles. The Morgan fingerprint density at radius 3 is 1.48 bits per heavy atom. The Morgan fingerprint density at radius 1 is 0.783 bits per heavy atom. The number of carbonyl (C=O) groups is 1. The zero-order valence-corrected chi connectivity index (χ0v) is 13.2. The zero-order chi connectivity index (χ0) is 18.3. The molecule has 0 aromatic rings. The minimum absolute atomic E-state index is 0.264. The topological polar surface area (TPSA) is 20.3 Å². The molecule has 138 valence electrons. The van der Waals surface area contributed by atoms with Gasteiger partial charge in [0.15, 0.2) is 0 Å². The molecule has 23 heavy (non-hydrogen) atoms. The molecular weight excluding hydrogens is 331 g/mol. The van der Waals surface area contributed by atoms with Gasteiger partial charge in [0.1, 0.15) is 0 Å². The molecule has 0 saturated heterocycles. The average molecular weight is 353 g/mol. The molecule has 0 aliphatic heterocycles. The number of unbranched alkanes of at least 4 members (excludes halogenated alkanes) is 4. The van der Waals surface area contributed by atoms with Gasteiger partial charge in [0.2, 0.25) is 0 Å². The van der Waals surface area contributed by atoms with E-state index in [9.17, 15) is 35.5 Å². The van der Waals surface area contributed by atoms with Gasteiger partial charge in [-0.05, 0) is 12.8 Å². The van der Waals surface area contributed by atoms with Crippen molar-refractivity contribution in [1.29, 1.82) is 0 Å². The Labute approximate surface area is 131 Å². The lowest BCUT2D eigenvalue weighted by molar-refractivity contribution is -0.345.